The lowest BCUT2D eigenvalue weighted by atomic mass is 9.45. The number of rotatable bonds is 2. The maximum Gasteiger partial charge on any atom is 0.233 e. The Bertz CT molecular complexity index is 825. The lowest BCUT2D eigenvalue weighted by Gasteiger charge is -2.62. The molecule has 0 spiro atoms. The van der Waals surface area contributed by atoms with Crippen molar-refractivity contribution in [1.29, 1.82) is 0 Å². The lowest BCUT2D eigenvalue weighted by molar-refractivity contribution is -0.139. The van der Waals surface area contributed by atoms with Crippen LogP contribution in [0, 0.1) is 41.4 Å². The zero-order valence-corrected chi connectivity index (χ0v) is 20.9. The molecule has 4 aliphatic rings. The molecule has 1 aliphatic heterocycles. The van der Waals surface area contributed by atoms with E-state index in [1.165, 1.54) is 31.2 Å². The number of hydrogen-bond acceptors (Lipinski definition) is 2. The summed E-state index contributed by atoms with van der Waals surface area (Å²) in [5.41, 5.74) is 1.92. The minimum absolute atomic E-state index is 0.118. The zero-order chi connectivity index (χ0) is 21.3. The van der Waals surface area contributed by atoms with Gasteiger partial charge in [-0.1, -0.05) is 61.1 Å². The lowest BCUT2D eigenvalue weighted by Crippen LogP contribution is -2.64. The molecule has 1 N–H and O–H groups in total. The van der Waals surface area contributed by atoms with E-state index in [0.29, 0.717) is 23.5 Å². The smallest absolute Gasteiger partial charge is 0.233 e. The Kier molecular flexibility index (Phi) is 5.19. The van der Waals surface area contributed by atoms with Crippen molar-refractivity contribution in [2.45, 2.75) is 82.3 Å². The first-order valence-corrected chi connectivity index (χ1v) is 13.1. The van der Waals surface area contributed by atoms with Crippen LogP contribution in [-0.4, -0.2) is 22.0 Å². The summed E-state index contributed by atoms with van der Waals surface area (Å²) in [6, 6.07) is 8.91. The van der Waals surface area contributed by atoms with E-state index in [-0.39, 0.29) is 15.2 Å². The highest BCUT2D eigenvalue weighted by atomic mass is 127. The largest absolute Gasteiger partial charge is 0.490 e. The van der Waals surface area contributed by atoms with Crippen LogP contribution in [0.4, 0.5) is 0 Å². The zero-order valence-electron chi connectivity index (χ0n) is 18.8. The Morgan fingerprint density at radius 1 is 1.10 bits per heavy atom. The molecule has 4 heteroatoms. The summed E-state index contributed by atoms with van der Waals surface area (Å²) in [5.74, 6) is 4.18. The second kappa shape index (κ2) is 7.38. The molecule has 0 aromatic heterocycles. The Morgan fingerprint density at radius 3 is 2.57 bits per heavy atom. The second-order valence-electron chi connectivity index (χ2n) is 11.4. The van der Waals surface area contributed by atoms with E-state index in [4.69, 9.17) is 4.74 Å². The number of piperidine rings is 1. The maximum absolute atomic E-state index is 12.4. The fraction of sp³-hybridized carbons (Fsp3) is 0.731. The van der Waals surface area contributed by atoms with Crippen molar-refractivity contribution in [3.8, 4) is 5.75 Å². The van der Waals surface area contributed by atoms with Gasteiger partial charge in [0.1, 0.15) is 5.75 Å². The molecule has 0 bridgehead atoms. The molecule has 5 rings (SSSR count). The van der Waals surface area contributed by atoms with Gasteiger partial charge in [-0.3, -0.25) is 4.79 Å². The maximum atomic E-state index is 12.4. The van der Waals surface area contributed by atoms with Crippen molar-refractivity contribution in [1.82, 2.24) is 5.32 Å². The van der Waals surface area contributed by atoms with Gasteiger partial charge in [-0.05, 0) is 92.1 Å². The average molecular weight is 521 g/mol. The van der Waals surface area contributed by atoms with E-state index in [1.54, 1.807) is 0 Å². The third-order valence-electron chi connectivity index (χ3n) is 9.51. The number of fused-ring (bicyclic) bond motifs is 5. The topological polar surface area (TPSA) is 38.3 Å². The van der Waals surface area contributed by atoms with E-state index >= 15 is 0 Å². The summed E-state index contributed by atoms with van der Waals surface area (Å²) in [4.78, 5) is 12.4. The van der Waals surface area contributed by atoms with Crippen LogP contribution in [-0.2, 0) is 4.79 Å². The number of halogens is 1. The van der Waals surface area contributed by atoms with Crippen molar-refractivity contribution >= 4 is 28.5 Å². The number of carbonyl (C=O) groups excluding carboxylic acids is 1. The van der Waals surface area contributed by atoms with E-state index < -0.39 is 0 Å². The molecule has 4 fully saturated rings. The van der Waals surface area contributed by atoms with Crippen molar-refractivity contribution in [3.05, 3.63) is 29.8 Å². The first kappa shape index (κ1) is 21.1. The monoisotopic (exact) mass is 521 g/mol. The average Bonchev–Trinajstić information content (AvgIpc) is 3.02. The molecule has 1 aromatic rings. The number of nitrogens with one attached hydrogen (secondary N) is 1. The van der Waals surface area contributed by atoms with Crippen LogP contribution < -0.4 is 10.1 Å². The minimum atomic E-state index is 0.118. The van der Waals surface area contributed by atoms with Crippen molar-refractivity contribution < 1.29 is 9.53 Å². The molecular formula is C26H36INO2. The Hall–Kier alpha value is -0.780. The molecule has 30 heavy (non-hydrogen) atoms. The van der Waals surface area contributed by atoms with Crippen LogP contribution in [0.5, 0.6) is 5.75 Å². The molecule has 164 valence electrons. The summed E-state index contributed by atoms with van der Waals surface area (Å²) < 4.78 is 6.63. The van der Waals surface area contributed by atoms with Crippen molar-refractivity contribution in [3.63, 3.8) is 0 Å². The first-order chi connectivity index (χ1) is 14.2. The van der Waals surface area contributed by atoms with Gasteiger partial charge in [0, 0.05) is 6.04 Å². The normalized spacial score (nSPS) is 47.6. The van der Waals surface area contributed by atoms with Gasteiger partial charge in [0.15, 0.2) is 0 Å². The van der Waals surface area contributed by atoms with Gasteiger partial charge in [-0.15, -0.1) is 0 Å². The predicted molar refractivity (Wildman–Crippen MR) is 129 cm³/mol. The van der Waals surface area contributed by atoms with Crippen LogP contribution in [0.1, 0.15) is 64.9 Å². The van der Waals surface area contributed by atoms with Crippen molar-refractivity contribution in [2.24, 2.45) is 34.5 Å². The highest BCUT2D eigenvalue weighted by Crippen LogP contribution is 2.65. The van der Waals surface area contributed by atoms with Gasteiger partial charge in [0.05, 0.1) is 10.0 Å². The van der Waals surface area contributed by atoms with Crippen LogP contribution in [0.25, 0.3) is 0 Å². The fourth-order valence-electron chi connectivity index (χ4n) is 7.97. The van der Waals surface area contributed by atoms with E-state index in [1.807, 2.05) is 0 Å². The number of amides is 1. The molecule has 1 amide bonds. The van der Waals surface area contributed by atoms with Crippen LogP contribution in [0.15, 0.2) is 24.3 Å². The third-order valence-corrected chi connectivity index (χ3v) is 10.5. The van der Waals surface area contributed by atoms with Gasteiger partial charge in [-0.2, -0.15) is 0 Å². The summed E-state index contributed by atoms with van der Waals surface area (Å²) in [6.07, 6.45) is 7.52. The van der Waals surface area contributed by atoms with Gasteiger partial charge in [0.2, 0.25) is 5.91 Å². The van der Waals surface area contributed by atoms with E-state index in [9.17, 15) is 4.79 Å². The number of hydrogen-bond donors (Lipinski definition) is 1. The summed E-state index contributed by atoms with van der Waals surface area (Å²) in [5, 5.41) is 3.42. The minimum Gasteiger partial charge on any atom is -0.490 e. The van der Waals surface area contributed by atoms with E-state index in [2.05, 4.69) is 79.9 Å². The number of alkyl halides is 1. The third kappa shape index (κ3) is 3.31. The fourth-order valence-corrected chi connectivity index (χ4v) is 9.10. The highest BCUT2D eigenvalue weighted by molar-refractivity contribution is 14.1. The molecule has 1 heterocycles. The molecular weight excluding hydrogens is 485 g/mol. The quantitative estimate of drug-likeness (QED) is 0.388. The first-order valence-electron chi connectivity index (χ1n) is 11.9. The van der Waals surface area contributed by atoms with Gasteiger partial charge >= 0.3 is 0 Å². The van der Waals surface area contributed by atoms with Crippen LogP contribution in [0.2, 0.25) is 0 Å². The second-order valence-corrected chi connectivity index (χ2v) is 12.9. The van der Waals surface area contributed by atoms with E-state index in [0.717, 1.165) is 36.3 Å². The standard InChI is InChI=1S/C26H36INO2/c1-15-5-7-17(8-6-15)30-18-12-20-23-16(2)11-22-26(4,14-21(27)24(29)28-22)19(23)9-10-25(20,3)13-18/h5-8,16,18-23H,9-14H2,1-4H3,(H,28,29)/t16-,18-,19?,20?,21+,22+,23?,25+,26+/m0/s1. The van der Waals surface area contributed by atoms with Crippen LogP contribution in [0.3, 0.4) is 0 Å². The Morgan fingerprint density at radius 2 is 1.83 bits per heavy atom. The number of benzene rings is 1. The van der Waals surface area contributed by atoms with Gasteiger partial charge in [-0.25, -0.2) is 0 Å². The highest BCUT2D eigenvalue weighted by Gasteiger charge is 2.62. The SMILES string of the molecule is Cc1ccc(O[C@H]2CC3C4C(CC[C@]3(C)C2)[C@@]2(C)C[C@@H](I)C(=O)N[C@@H]2C[C@@H]4C)cc1. The molecule has 3 unspecified atom stereocenters. The van der Waals surface area contributed by atoms with Crippen LogP contribution >= 0.6 is 22.6 Å². The molecule has 3 aliphatic carbocycles. The Labute approximate surface area is 195 Å². The molecule has 1 aromatic carbocycles. The molecule has 3 saturated carbocycles. The summed E-state index contributed by atoms with van der Waals surface area (Å²) in [7, 11) is 0. The molecule has 1 saturated heterocycles. The molecule has 0 radical (unpaired) electrons. The number of carbonyl (C=O) groups is 1. The van der Waals surface area contributed by atoms with Gasteiger partial charge < -0.3 is 10.1 Å². The van der Waals surface area contributed by atoms with Crippen molar-refractivity contribution in [2.75, 3.05) is 0 Å². The Balaban J connectivity index is 1.39. The van der Waals surface area contributed by atoms with Gasteiger partial charge in [0.25, 0.3) is 0 Å². The summed E-state index contributed by atoms with van der Waals surface area (Å²) in [6.45, 7) is 9.61. The summed E-state index contributed by atoms with van der Waals surface area (Å²) >= 11 is 2.37. The number of aryl methyl sites for hydroxylation is 1. The number of ether oxygens (including phenoxy) is 1. The predicted octanol–water partition coefficient (Wildman–Crippen LogP) is 5.92. The molecule has 3 nitrogen and oxygen atoms in total. The molecule has 9 atom stereocenters.